The molecule has 5 heteroatoms. The lowest BCUT2D eigenvalue weighted by Crippen LogP contribution is -1.99. The quantitative estimate of drug-likeness (QED) is 0.301. The molecule has 0 aliphatic rings. The molecule has 33 heavy (non-hydrogen) atoms. The molecular weight excluding hydrogens is 424 g/mol. The van der Waals surface area contributed by atoms with Gasteiger partial charge in [0, 0.05) is 33.8 Å². The van der Waals surface area contributed by atoms with Crippen molar-refractivity contribution in [3.63, 3.8) is 0 Å². The second kappa shape index (κ2) is 8.96. The van der Waals surface area contributed by atoms with Gasteiger partial charge in [-0.25, -0.2) is 15.0 Å². The van der Waals surface area contributed by atoms with Crippen molar-refractivity contribution in [3.8, 4) is 33.1 Å². The van der Waals surface area contributed by atoms with Crippen molar-refractivity contribution in [1.82, 2.24) is 15.0 Å². The van der Waals surface area contributed by atoms with Crippen LogP contribution in [0.2, 0.25) is 0 Å². The van der Waals surface area contributed by atoms with Gasteiger partial charge in [-0.05, 0) is 38.5 Å². The highest BCUT2D eigenvalue weighted by Gasteiger charge is 2.09. The molecule has 0 saturated heterocycles. The van der Waals surface area contributed by atoms with Crippen LogP contribution in [-0.2, 0) is 0 Å². The Hall–Kier alpha value is -3.83. The van der Waals surface area contributed by atoms with Gasteiger partial charge in [-0.2, -0.15) is 0 Å². The zero-order valence-electron chi connectivity index (χ0n) is 18.8. The van der Waals surface area contributed by atoms with E-state index < -0.39 is 0 Å². The molecule has 0 atom stereocenters. The Morgan fingerprint density at radius 3 is 2.15 bits per heavy atom. The zero-order valence-corrected chi connectivity index (χ0v) is 19.6. The largest absolute Gasteiger partial charge is 0.340 e. The Bertz CT molecular complexity index is 1400. The fourth-order valence-electron chi connectivity index (χ4n) is 3.72. The van der Waals surface area contributed by atoms with Gasteiger partial charge in [0.15, 0.2) is 0 Å². The topological polar surface area (TPSA) is 50.7 Å². The van der Waals surface area contributed by atoms with Crippen molar-refractivity contribution in [2.75, 3.05) is 5.32 Å². The molecular formula is C28H24N4S. The molecule has 0 fully saturated rings. The molecule has 2 aromatic heterocycles. The first kappa shape index (κ1) is 21.0. The predicted molar refractivity (Wildman–Crippen MR) is 138 cm³/mol. The zero-order chi connectivity index (χ0) is 22.8. The number of rotatable bonds is 5. The van der Waals surface area contributed by atoms with E-state index in [-0.39, 0.29) is 0 Å². The first-order valence-electron chi connectivity index (χ1n) is 10.9. The highest BCUT2D eigenvalue weighted by molar-refractivity contribution is 7.13. The van der Waals surface area contributed by atoms with Crippen LogP contribution in [-0.4, -0.2) is 15.0 Å². The molecule has 0 aliphatic carbocycles. The van der Waals surface area contributed by atoms with Crippen molar-refractivity contribution in [3.05, 3.63) is 101 Å². The second-order valence-corrected chi connectivity index (χ2v) is 8.96. The Balaban J connectivity index is 1.36. The van der Waals surface area contributed by atoms with Gasteiger partial charge in [0.1, 0.15) is 16.6 Å². The minimum absolute atomic E-state index is 0.735. The van der Waals surface area contributed by atoms with Crippen LogP contribution in [0.3, 0.4) is 0 Å². The average Bonchev–Trinajstić information content (AvgIpc) is 3.30. The van der Waals surface area contributed by atoms with Gasteiger partial charge in [0.2, 0.25) is 0 Å². The summed E-state index contributed by atoms with van der Waals surface area (Å²) in [4.78, 5) is 14.0. The number of nitrogens with one attached hydrogen (secondary N) is 1. The summed E-state index contributed by atoms with van der Waals surface area (Å²) in [5.74, 6) is 1.51. The van der Waals surface area contributed by atoms with E-state index in [0.717, 1.165) is 44.9 Å². The van der Waals surface area contributed by atoms with Crippen molar-refractivity contribution in [2.24, 2.45) is 0 Å². The number of benzene rings is 3. The molecule has 5 rings (SSSR count). The molecule has 0 spiro atoms. The van der Waals surface area contributed by atoms with Crippen molar-refractivity contribution in [2.45, 2.75) is 20.8 Å². The third-order valence-corrected chi connectivity index (χ3v) is 6.39. The molecule has 0 unspecified atom stereocenters. The van der Waals surface area contributed by atoms with Crippen LogP contribution in [0, 0.1) is 20.8 Å². The Morgan fingerprint density at radius 2 is 1.39 bits per heavy atom. The molecule has 0 saturated carbocycles. The van der Waals surface area contributed by atoms with E-state index >= 15 is 0 Å². The number of aromatic nitrogens is 3. The monoisotopic (exact) mass is 448 g/mol. The van der Waals surface area contributed by atoms with E-state index in [1.807, 2.05) is 13.0 Å². The lowest BCUT2D eigenvalue weighted by atomic mass is 10.1. The Morgan fingerprint density at radius 1 is 0.697 bits per heavy atom. The summed E-state index contributed by atoms with van der Waals surface area (Å²) in [6.07, 6.45) is 0. The summed E-state index contributed by atoms with van der Waals surface area (Å²) in [6.45, 7) is 6.12. The van der Waals surface area contributed by atoms with Gasteiger partial charge >= 0.3 is 0 Å². The third kappa shape index (κ3) is 4.69. The van der Waals surface area contributed by atoms with E-state index in [2.05, 4.69) is 107 Å². The smallest absolute Gasteiger partial charge is 0.134 e. The second-order valence-electron chi connectivity index (χ2n) is 8.11. The minimum Gasteiger partial charge on any atom is -0.340 e. The minimum atomic E-state index is 0.735. The van der Waals surface area contributed by atoms with Gasteiger partial charge in [0.25, 0.3) is 0 Å². The van der Waals surface area contributed by atoms with E-state index in [1.54, 1.807) is 11.3 Å². The molecule has 162 valence electrons. The van der Waals surface area contributed by atoms with E-state index in [9.17, 15) is 0 Å². The highest BCUT2D eigenvalue weighted by atomic mass is 32.1. The maximum Gasteiger partial charge on any atom is 0.134 e. The summed E-state index contributed by atoms with van der Waals surface area (Å²) in [6, 6.07) is 27.0. The molecule has 2 heterocycles. The first-order valence-corrected chi connectivity index (χ1v) is 11.7. The van der Waals surface area contributed by atoms with Gasteiger partial charge < -0.3 is 5.32 Å². The van der Waals surface area contributed by atoms with Gasteiger partial charge in [0.05, 0.1) is 11.4 Å². The van der Waals surface area contributed by atoms with Crippen LogP contribution in [0.4, 0.5) is 11.5 Å². The summed E-state index contributed by atoms with van der Waals surface area (Å²) < 4.78 is 0. The molecule has 3 aromatic carbocycles. The van der Waals surface area contributed by atoms with Crippen LogP contribution >= 0.6 is 11.3 Å². The van der Waals surface area contributed by atoms with Crippen molar-refractivity contribution >= 4 is 22.8 Å². The van der Waals surface area contributed by atoms with Crippen LogP contribution in [0.25, 0.3) is 33.1 Å². The van der Waals surface area contributed by atoms with Crippen molar-refractivity contribution in [1.29, 1.82) is 0 Å². The lowest BCUT2D eigenvalue weighted by Gasteiger charge is -2.09. The first-order chi connectivity index (χ1) is 16.0. The number of aryl methyl sites for hydroxylation is 3. The molecule has 4 nitrogen and oxygen atoms in total. The van der Waals surface area contributed by atoms with Gasteiger partial charge in [-0.15, -0.1) is 11.3 Å². The predicted octanol–water partition coefficient (Wildman–Crippen LogP) is 7.60. The number of anilines is 2. The van der Waals surface area contributed by atoms with Crippen LogP contribution in [0.15, 0.2) is 84.2 Å². The molecule has 0 radical (unpaired) electrons. The number of hydrogen-bond donors (Lipinski definition) is 1. The third-order valence-electron chi connectivity index (χ3n) is 5.52. The van der Waals surface area contributed by atoms with Crippen LogP contribution < -0.4 is 5.32 Å². The molecule has 5 aromatic rings. The molecule has 0 bridgehead atoms. The maximum atomic E-state index is 4.87. The van der Waals surface area contributed by atoms with Crippen LogP contribution in [0.5, 0.6) is 0 Å². The summed E-state index contributed by atoms with van der Waals surface area (Å²) in [7, 11) is 0. The summed E-state index contributed by atoms with van der Waals surface area (Å²) in [5.41, 5.74) is 8.71. The average molecular weight is 449 g/mol. The van der Waals surface area contributed by atoms with Crippen LogP contribution in [0.1, 0.15) is 17.0 Å². The summed E-state index contributed by atoms with van der Waals surface area (Å²) in [5, 5.41) is 6.58. The standard InChI is InChI=1S/C28H24N4S/c1-18-8-10-21(11-9-18)25-16-27(30-20(3)29-25)31-23-14-12-22(13-15-23)26-17-33-28(32-26)24-7-5-4-6-19(24)2/h4-17H,1-3H3,(H,29,30,31). The van der Waals surface area contributed by atoms with E-state index in [4.69, 9.17) is 4.98 Å². The number of nitrogens with zero attached hydrogens (tertiary/aromatic N) is 3. The SMILES string of the molecule is Cc1ccc(-c2cc(Nc3ccc(-c4csc(-c5ccccc5C)n4)cc3)nc(C)n2)cc1. The number of thiazole rings is 1. The summed E-state index contributed by atoms with van der Waals surface area (Å²) >= 11 is 1.68. The van der Waals surface area contributed by atoms with Gasteiger partial charge in [-0.3, -0.25) is 0 Å². The molecule has 0 amide bonds. The fourth-order valence-corrected chi connectivity index (χ4v) is 4.64. The van der Waals surface area contributed by atoms with E-state index in [1.165, 1.54) is 16.7 Å². The molecule has 0 aliphatic heterocycles. The molecule has 1 N–H and O–H groups in total. The fraction of sp³-hybridized carbons (Fsp3) is 0.107. The lowest BCUT2D eigenvalue weighted by molar-refractivity contribution is 1.06. The van der Waals surface area contributed by atoms with Crippen molar-refractivity contribution < 1.29 is 0 Å². The van der Waals surface area contributed by atoms with Gasteiger partial charge in [-0.1, -0.05) is 66.2 Å². The normalized spacial score (nSPS) is 10.9. The Kier molecular flexibility index (Phi) is 5.71. The highest BCUT2D eigenvalue weighted by Crippen LogP contribution is 2.31. The number of hydrogen-bond acceptors (Lipinski definition) is 5. The maximum absolute atomic E-state index is 4.87. The van der Waals surface area contributed by atoms with E-state index in [0.29, 0.717) is 0 Å². The Labute approximate surface area is 198 Å².